The van der Waals surface area contributed by atoms with E-state index < -0.39 is 0 Å². The molecule has 2 heterocycles. The zero-order valence-corrected chi connectivity index (χ0v) is 15.7. The second-order valence-electron chi connectivity index (χ2n) is 7.50. The fraction of sp³-hybridized carbons (Fsp3) is 0.600. The molecule has 1 N–H and O–H groups in total. The SMILES string of the molecule is CN(C)C(=O)N1CCC(C(=O)NC[C@H]2CCOc3ccccc3C2)CC1. The Morgan fingerprint density at radius 2 is 1.92 bits per heavy atom. The lowest BCUT2D eigenvalue weighted by atomic mass is 9.94. The van der Waals surface area contributed by atoms with Crippen LogP contribution in [0.15, 0.2) is 24.3 Å². The molecular formula is C20H29N3O3. The molecule has 1 atom stereocenters. The molecule has 26 heavy (non-hydrogen) atoms. The lowest BCUT2D eigenvalue weighted by molar-refractivity contribution is -0.126. The molecule has 1 saturated heterocycles. The summed E-state index contributed by atoms with van der Waals surface area (Å²) in [7, 11) is 3.52. The van der Waals surface area contributed by atoms with Gasteiger partial charge < -0.3 is 19.9 Å². The van der Waals surface area contributed by atoms with Gasteiger partial charge in [0.15, 0.2) is 0 Å². The van der Waals surface area contributed by atoms with Crippen molar-refractivity contribution in [3.05, 3.63) is 29.8 Å². The number of piperidine rings is 1. The Morgan fingerprint density at radius 1 is 1.19 bits per heavy atom. The van der Waals surface area contributed by atoms with Crippen LogP contribution in [-0.4, -0.2) is 62.1 Å². The van der Waals surface area contributed by atoms with Crippen LogP contribution in [0.4, 0.5) is 4.79 Å². The molecule has 0 unspecified atom stereocenters. The number of urea groups is 1. The fourth-order valence-corrected chi connectivity index (χ4v) is 3.74. The lowest BCUT2D eigenvalue weighted by Gasteiger charge is -2.33. The molecule has 142 valence electrons. The van der Waals surface area contributed by atoms with E-state index in [9.17, 15) is 9.59 Å². The van der Waals surface area contributed by atoms with Gasteiger partial charge in [-0.15, -0.1) is 0 Å². The molecule has 0 bridgehead atoms. The number of hydrogen-bond acceptors (Lipinski definition) is 3. The van der Waals surface area contributed by atoms with E-state index in [0.29, 0.717) is 32.2 Å². The molecule has 0 aromatic heterocycles. The van der Waals surface area contributed by atoms with E-state index in [1.807, 2.05) is 23.1 Å². The third-order valence-electron chi connectivity index (χ3n) is 5.35. The van der Waals surface area contributed by atoms with Crippen molar-refractivity contribution in [2.75, 3.05) is 40.3 Å². The predicted octanol–water partition coefficient (Wildman–Crippen LogP) is 2.14. The molecular weight excluding hydrogens is 330 g/mol. The first-order chi connectivity index (χ1) is 12.5. The topological polar surface area (TPSA) is 61.9 Å². The maximum Gasteiger partial charge on any atom is 0.319 e. The summed E-state index contributed by atoms with van der Waals surface area (Å²) in [5.41, 5.74) is 1.22. The van der Waals surface area contributed by atoms with Gasteiger partial charge in [0.2, 0.25) is 5.91 Å². The van der Waals surface area contributed by atoms with Gasteiger partial charge in [-0.25, -0.2) is 4.79 Å². The van der Waals surface area contributed by atoms with E-state index in [0.717, 1.165) is 31.4 Å². The van der Waals surface area contributed by atoms with Crippen LogP contribution in [0.25, 0.3) is 0 Å². The number of amides is 3. The molecule has 6 heteroatoms. The molecule has 0 aliphatic carbocycles. The summed E-state index contributed by atoms with van der Waals surface area (Å²) in [4.78, 5) is 27.9. The zero-order chi connectivity index (χ0) is 18.5. The largest absolute Gasteiger partial charge is 0.493 e. The van der Waals surface area contributed by atoms with Gasteiger partial charge in [-0.1, -0.05) is 18.2 Å². The van der Waals surface area contributed by atoms with Crippen LogP contribution in [0.3, 0.4) is 0 Å². The summed E-state index contributed by atoms with van der Waals surface area (Å²) >= 11 is 0. The Kier molecular flexibility index (Phi) is 6.01. The number of nitrogens with zero attached hydrogens (tertiary/aromatic N) is 2. The number of carbonyl (C=O) groups excluding carboxylic acids is 2. The van der Waals surface area contributed by atoms with E-state index in [4.69, 9.17) is 4.74 Å². The standard InChI is InChI=1S/C20H29N3O3/c1-22(2)20(25)23-10-7-16(8-11-23)19(24)21-14-15-9-12-26-18-6-4-3-5-17(18)13-15/h3-6,15-16H,7-14H2,1-2H3,(H,21,24)/t15-/m0/s1. The number of carbonyl (C=O) groups is 2. The van der Waals surface area contributed by atoms with Crippen LogP contribution in [0.1, 0.15) is 24.8 Å². The molecule has 2 aliphatic heterocycles. The fourth-order valence-electron chi connectivity index (χ4n) is 3.74. The summed E-state index contributed by atoms with van der Waals surface area (Å²) in [5, 5.41) is 3.14. The van der Waals surface area contributed by atoms with E-state index in [1.165, 1.54) is 5.56 Å². The molecule has 6 nitrogen and oxygen atoms in total. The van der Waals surface area contributed by atoms with Crippen LogP contribution >= 0.6 is 0 Å². The van der Waals surface area contributed by atoms with Gasteiger partial charge in [-0.2, -0.15) is 0 Å². The van der Waals surface area contributed by atoms with Crippen LogP contribution in [-0.2, 0) is 11.2 Å². The highest BCUT2D eigenvalue weighted by Gasteiger charge is 2.28. The van der Waals surface area contributed by atoms with Crippen molar-refractivity contribution in [3.63, 3.8) is 0 Å². The van der Waals surface area contributed by atoms with Gasteiger partial charge in [0.05, 0.1) is 6.61 Å². The van der Waals surface area contributed by atoms with Crippen molar-refractivity contribution in [2.45, 2.75) is 25.7 Å². The highest BCUT2D eigenvalue weighted by atomic mass is 16.5. The van der Waals surface area contributed by atoms with Gasteiger partial charge in [0, 0.05) is 39.6 Å². The van der Waals surface area contributed by atoms with Crippen LogP contribution in [0.5, 0.6) is 5.75 Å². The maximum absolute atomic E-state index is 12.5. The van der Waals surface area contributed by atoms with Gasteiger partial charge in [0.1, 0.15) is 5.75 Å². The van der Waals surface area contributed by atoms with Crippen LogP contribution < -0.4 is 10.1 Å². The Balaban J connectivity index is 1.45. The highest BCUT2D eigenvalue weighted by Crippen LogP contribution is 2.26. The molecule has 3 rings (SSSR count). The zero-order valence-electron chi connectivity index (χ0n) is 15.7. The minimum Gasteiger partial charge on any atom is -0.493 e. The van der Waals surface area contributed by atoms with Crippen LogP contribution in [0.2, 0.25) is 0 Å². The number of nitrogens with one attached hydrogen (secondary N) is 1. The minimum absolute atomic E-state index is 0.00975. The van der Waals surface area contributed by atoms with Gasteiger partial charge in [-0.05, 0) is 43.2 Å². The first-order valence-electron chi connectivity index (χ1n) is 9.49. The smallest absolute Gasteiger partial charge is 0.319 e. The maximum atomic E-state index is 12.5. The Morgan fingerprint density at radius 3 is 2.65 bits per heavy atom. The van der Waals surface area contributed by atoms with Gasteiger partial charge >= 0.3 is 6.03 Å². The molecule has 1 aromatic rings. The van der Waals surface area contributed by atoms with Crippen molar-refractivity contribution >= 4 is 11.9 Å². The summed E-state index contributed by atoms with van der Waals surface area (Å²) in [5.74, 6) is 1.51. The number of likely N-dealkylation sites (tertiary alicyclic amines) is 1. The Bertz CT molecular complexity index is 639. The van der Waals surface area contributed by atoms with Crippen molar-refractivity contribution < 1.29 is 14.3 Å². The van der Waals surface area contributed by atoms with E-state index >= 15 is 0 Å². The monoisotopic (exact) mass is 359 g/mol. The van der Waals surface area contributed by atoms with Gasteiger partial charge in [0.25, 0.3) is 0 Å². The Labute approximate surface area is 155 Å². The summed E-state index contributed by atoms with van der Waals surface area (Å²) in [6.07, 6.45) is 3.36. The number of benzene rings is 1. The second-order valence-corrected chi connectivity index (χ2v) is 7.50. The summed E-state index contributed by atoms with van der Waals surface area (Å²) in [6.45, 7) is 2.69. The van der Waals surface area contributed by atoms with E-state index in [2.05, 4.69) is 11.4 Å². The summed E-state index contributed by atoms with van der Waals surface area (Å²) in [6, 6.07) is 8.17. The lowest BCUT2D eigenvalue weighted by Crippen LogP contribution is -2.46. The molecule has 2 aliphatic rings. The second kappa shape index (κ2) is 8.43. The number of ether oxygens (including phenoxy) is 1. The highest BCUT2D eigenvalue weighted by molar-refractivity contribution is 5.79. The van der Waals surface area contributed by atoms with Crippen molar-refractivity contribution in [3.8, 4) is 5.75 Å². The molecule has 1 fully saturated rings. The average Bonchev–Trinajstić information content (AvgIpc) is 2.87. The number of rotatable bonds is 3. The molecule has 1 aromatic carbocycles. The van der Waals surface area contributed by atoms with Crippen molar-refractivity contribution in [1.29, 1.82) is 0 Å². The average molecular weight is 359 g/mol. The first kappa shape index (κ1) is 18.5. The molecule has 3 amide bonds. The number of fused-ring (bicyclic) bond motifs is 1. The van der Waals surface area contributed by atoms with Crippen molar-refractivity contribution in [2.24, 2.45) is 11.8 Å². The normalized spacial score (nSPS) is 20.5. The van der Waals surface area contributed by atoms with Gasteiger partial charge in [-0.3, -0.25) is 4.79 Å². The quantitative estimate of drug-likeness (QED) is 0.899. The molecule has 0 spiro atoms. The van der Waals surface area contributed by atoms with E-state index in [-0.39, 0.29) is 17.9 Å². The van der Waals surface area contributed by atoms with Crippen molar-refractivity contribution in [1.82, 2.24) is 15.1 Å². The summed E-state index contributed by atoms with van der Waals surface area (Å²) < 4.78 is 5.80. The predicted molar refractivity (Wildman–Crippen MR) is 100 cm³/mol. The van der Waals surface area contributed by atoms with Crippen LogP contribution in [0, 0.1) is 11.8 Å². The van der Waals surface area contributed by atoms with E-state index in [1.54, 1.807) is 19.0 Å². The number of hydrogen-bond donors (Lipinski definition) is 1. The third kappa shape index (κ3) is 4.48. The molecule has 0 saturated carbocycles. The first-order valence-corrected chi connectivity index (χ1v) is 9.49. The third-order valence-corrected chi connectivity index (χ3v) is 5.35. The minimum atomic E-state index is 0.00975. The number of para-hydroxylation sites is 1. The Hall–Kier alpha value is -2.24. The molecule has 0 radical (unpaired) electrons.